The van der Waals surface area contributed by atoms with E-state index in [-0.39, 0.29) is 11.8 Å². The van der Waals surface area contributed by atoms with E-state index in [1.54, 1.807) is 0 Å². The number of carbonyl (C=O) groups excluding carboxylic acids is 2. The van der Waals surface area contributed by atoms with E-state index in [0.717, 1.165) is 16.8 Å². The minimum atomic E-state index is -0.530. The SMILES string of the molecule is O=C(c1ccccc1-c1ncn[nH]1)N1CCC2(CC1)C(=O)Nc1ccccc12. The Kier molecular flexibility index (Phi) is 3.75. The number of hydrogen-bond donors (Lipinski definition) is 2. The van der Waals surface area contributed by atoms with E-state index in [1.165, 1.54) is 6.33 Å². The Morgan fingerprint density at radius 2 is 1.79 bits per heavy atom. The molecule has 3 aromatic rings. The van der Waals surface area contributed by atoms with Gasteiger partial charge < -0.3 is 10.2 Å². The van der Waals surface area contributed by atoms with Gasteiger partial charge in [-0.1, -0.05) is 36.4 Å². The van der Waals surface area contributed by atoms with Gasteiger partial charge in [-0.25, -0.2) is 4.98 Å². The topological polar surface area (TPSA) is 91.0 Å². The molecule has 0 aliphatic carbocycles. The fraction of sp³-hybridized carbons (Fsp3) is 0.238. The fourth-order valence-corrected chi connectivity index (χ4v) is 4.34. The lowest BCUT2D eigenvalue weighted by Crippen LogP contribution is -2.48. The Hall–Kier alpha value is -3.48. The average Bonchev–Trinajstić information content (AvgIpc) is 3.36. The summed E-state index contributed by atoms with van der Waals surface area (Å²) in [5.41, 5.74) is 2.73. The van der Waals surface area contributed by atoms with E-state index in [2.05, 4.69) is 20.5 Å². The summed E-state index contributed by atoms with van der Waals surface area (Å²) in [4.78, 5) is 31.9. The monoisotopic (exact) mass is 373 g/mol. The van der Waals surface area contributed by atoms with E-state index in [1.807, 2.05) is 53.4 Å². The summed E-state index contributed by atoms with van der Waals surface area (Å²) in [5, 5.41) is 9.71. The molecule has 2 aromatic carbocycles. The number of para-hydroxylation sites is 1. The molecule has 2 amide bonds. The number of nitrogens with one attached hydrogen (secondary N) is 2. The van der Waals surface area contributed by atoms with Crippen molar-refractivity contribution in [1.29, 1.82) is 0 Å². The molecule has 7 nitrogen and oxygen atoms in total. The zero-order valence-corrected chi connectivity index (χ0v) is 15.2. The van der Waals surface area contributed by atoms with Gasteiger partial charge in [-0.2, -0.15) is 5.10 Å². The van der Waals surface area contributed by atoms with Crippen LogP contribution in [0.4, 0.5) is 5.69 Å². The molecule has 1 aromatic heterocycles. The van der Waals surface area contributed by atoms with Gasteiger partial charge in [0.1, 0.15) is 6.33 Å². The standard InChI is InChI=1S/C21H19N5O2/c27-19(15-6-2-1-5-14(15)18-22-13-23-25-18)26-11-9-21(10-12-26)16-7-3-4-8-17(16)24-20(21)28/h1-8,13H,9-12H2,(H,24,28)(H,22,23,25). The highest BCUT2D eigenvalue weighted by Gasteiger charge is 2.48. The predicted molar refractivity (Wildman–Crippen MR) is 104 cm³/mol. The highest BCUT2D eigenvalue weighted by molar-refractivity contribution is 6.06. The Morgan fingerprint density at radius 1 is 1.04 bits per heavy atom. The first-order valence-corrected chi connectivity index (χ1v) is 9.34. The Morgan fingerprint density at radius 3 is 2.57 bits per heavy atom. The van der Waals surface area contributed by atoms with Gasteiger partial charge in [0.15, 0.2) is 5.82 Å². The summed E-state index contributed by atoms with van der Waals surface area (Å²) in [5.74, 6) is 0.568. The number of benzene rings is 2. The van der Waals surface area contributed by atoms with Crippen LogP contribution in [0.3, 0.4) is 0 Å². The maximum absolute atomic E-state index is 13.2. The summed E-state index contributed by atoms with van der Waals surface area (Å²) in [6.07, 6.45) is 2.66. The van der Waals surface area contributed by atoms with Crippen molar-refractivity contribution in [2.75, 3.05) is 18.4 Å². The third-order valence-electron chi connectivity index (χ3n) is 5.86. The highest BCUT2D eigenvalue weighted by atomic mass is 16.2. The summed E-state index contributed by atoms with van der Waals surface area (Å²) < 4.78 is 0. The Bertz CT molecular complexity index is 1050. The van der Waals surface area contributed by atoms with Gasteiger partial charge in [-0.15, -0.1) is 0 Å². The molecule has 0 bridgehead atoms. The van der Waals surface area contributed by atoms with Crippen LogP contribution in [0.15, 0.2) is 54.9 Å². The van der Waals surface area contributed by atoms with Crippen molar-refractivity contribution in [3.8, 4) is 11.4 Å². The third-order valence-corrected chi connectivity index (χ3v) is 5.86. The molecule has 0 atom stereocenters. The van der Waals surface area contributed by atoms with E-state index in [0.29, 0.717) is 37.3 Å². The van der Waals surface area contributed by atoms with Crippen LogP contribution in [0.1, 0.15) is 28.8 Å². The first-order valence-electron chi connectivity index (χ1n) is 9.34. The summed E-state index contributed by atoms with van der Waals surface area (Å²) >= 11 is 0. The molecule has 2 aliphatic rings. The fourth-order valence-electron chi connectivity index (χ4n) is 4.34. The Labute approximate surface area is 161 Å². The number of aromatic amines is 1. The average molecular weight is 373 g/mol. The number of amides is 2. The number of carbonyl (C=O) groups is 2. The lowest BCUT2D eigenvalue weighted by Gasteiger charge is -2.38. The molecule has 1 spiro atoms. The van der Waals surface area contributed by atoms with Gasteiger partial charge in [0.25, 0.3) is 5.91 Å². The Balaban J connectivity index is 1.40. The van der Waals surface area contributed by atoms with Crippen molar-refractivity contribution in [1.82, 2.24) is 20.1 Å². The van der Waals surface area contributed by atoms with Crippen LogP contribution in [0.5, 0.6) is 0 Å². The smallest absolute Gasteiger partial charge is 0.254 e. The number of anilines is 1. The zero-order valence-electron chi connectivity index (χ0n) is 15.2. The summed E-state index contributed by atoms with van der Waals surface area (Å²) in [6.45, 7) is 1.07. The first kappa shape index (κ1) is 16.7. The number of fused-ring (bicyclic) bond motifs is 2. The van der Waals surface area contributed by atoms with Gasteiger partial charge >= 0.3 is 0 Å². The number of hydrogen-bond acceptors (Lipinski definition) is 4. The molecule has 3 heterocycles. The maximum Gasteiger partial charge on any atom is 0.254 e. The molecular weight excluding hydrogens is 354 g/mol. The minimum Gasteiger partial charge on any atom is -0.339 e. The molecule has 1 saturated heterocycles. The number of nitrogens with zero attached hydrogens (tertiary/aromatic N) is 3. The molecular formula is C21H19N5O2. The number of rotatable bonds is 2. The summed E-state index contributed by atoms with van der Waals surface area (Å²) in [7, 11) is 0. The molecule has 0 unspecified atom stereocenters. The van der Waals surface area contributed by atoms with Crippen LogP contribution < -0.4 is 5.32 Å². The number of H-pyrrole nitrogens is 1. The van der Waals surface area contributed by atoms with E-state index in [9.17, 15) is 9.59 Å². The van der Waals surface area contributed by atoms with Crippen LogP contribution >= 0.6 is 0 Å². The lowest BCUT2D eigenvalue weighted by atomic mass is 9.73. The highest BCUT2D eigenvalue weighted by Crippen LogP contribution is 2.45. The first-order chi connectivity index (χ1) is 13.7. The number of aromatic nitrogens is 3. The molecule has 0 radical (unpaired) electrons. The van der Waals surface area contributed by atoms with Gasteiger partial charge in [0.05, 0.1) is 11.0 Å². The second kappa shape index (κ2) is 6.30. The maximum atomic E-state index is 13.2. The number of piperidine rings is 1. The van der Waals surface area contributed by atoms with Crippen molar-refractivity contribution in [2.24, 2.45) is 0 Å². The quantitative estimate of drug-likeness (QED) is 0.722. The van der Waals surface area contributed by atoms with Crippen LogP contribution in [-0.4, -0.2) is 45.0 Å². The summed E-state index contributed by atoms with van der Waals surface area (Å²) in [6, 6.07) is 15.2. The van der Waals surface area contributed by atoms with E-state index < -0.39 is 5.41 Å². The van der Waals surface area contributed by atoms with Gasteiger partial charge in [0.2, 0.25) is 5.91 Å². The molecule has 140 valence electrons. The molecule has 1 fully saturated rings. The van der Waals surface area contributed by atoms with Gasteiger partial charge in [0, 0.05) is 24.3 Å². The zero-order chi connectivity index (χ0) is 19.1. The van der Waals surface area contributed by atoms with Crippen molar-refractivity contribution in [2.45, 2.75) is 18.3 Å². The largest absolute Gasteiger partial charge is 0.339 e. The lowest BCUT2D eigenvalue weighted by molar-refractivity contribution is -0.122. The van der Waals surface area contributed by atoms with Crippen molar-refractivity contribution in [3.05, 3.63) is 66.0 Å². The minimum absolute atomic E-state index is 0.0443. The van der Waals surface area contributed by atoms with Crippen molar-refractivity contribution < 1.29 is 9.59 Å². The second-order valence-corrected chi connectivity index (χ2v) is 7.25. The number of likely N-dealkylation sites (tertiary alicyclic amines) is 1. The van der Waals surface area contributed by atoms with Crippen molar-refractivity contribution >= 4 is 17.5 Å². The van der Waals surface area contributed by atoms with Crippen LogP contribution in [0, 0.1) is 0 Å². The predicted octanol–water partition coefficient (Wildman–Crippen LogP) is 2.60. The van der Waals surface area contributed by atoms with Gasteiger partial charge in [-0.3, -0.25) is 14.7 Å². The molecule has 7 heteroatoms. The van der Waals surface area contributed by atoms with E-state index in [4.69, 9.17) is 0 Å². The molecule has 2 aliphatic heterocycles. The van der Waals surface area contributed by atoms with Crippen LogP contribution in [-0.2, 0) is 10.2 Å². The molecule has 5 rings (SSSR count). The van der Waals surface area contributed by atoms with Crippen LogP contribution in [0.2, 0.25) is 0 Å². The van der Waals surface area contributed by atoms with Crippen LogP contribution in [0.25, 0.3) is 11.4 Å². The third kappa shape index (κ3) is 2.43. The van der Waals surface area contributed by atoms with Gasteiger partial charge in [-0.05, 0) is 30.5 Å². The van der Waals surface area contributed by atoms with E-state index >= 15 is 0 Å². The normalized spacial score (nSPS) is 17.4. The second-order valence-electron chi connectivity index (χ2n) is 7.25. The molecule has 28 heavy (non-hydrogen) atoms. The molecule has 0 saturated carbocycles. The molecule has 2 N–H and O–H groups in total. The van der Waals surface area contributed by atoms with Crippen molar-refractivity contribution in [3.63, 3.8) is 0 Å².